The highest BCUT2D eigenvalue weighted by atomic mass is 16.2. The summed E-state index contributed by atoms with van der Waals surface area (Å²) in [5.41, 5.74) is 0.890. The third kappa shape index (κ3) is 3.47. The fourth-order valence-corrected chi connectivity index (χ4v) is 4.96. The van der Waals surface area contributed by atoms with Crippen LogP contribution in [-0.2, 0) is 21.5 Å². The van der Waals surface area contributed by atoms with Gasteiger partial charge in [-0.05, 0) is 42.9 Å². The topological polar surface area (TPSA) is 98.7 Å². The Morgan fingerprint density at radius 3 is 2.53 bits per heavy atom. The predicted octanol–water partition coefficient (Wildman–Crippen LogP) is 1.30. The maximum absolute atomic E-state index is 13.5. The maximum Gasteiger partial charge on any atom is 0.325 e. The summed E-state index contributed by atoms with van der Waals surface area (Å²) in [6.07, 6.45) is 6.63. The van der Waals surface area contributed by atoms with Gasteiger partial charge >= 0.3 is 6.03 Å². The predicted molar refractivity (Wildman–Crippen MR) is 117 cm³/mol. The van der Waals surface area contributed by atoms with Crippen molar-refractivity contribution < 1.29 is 14.4 Å². The number of anilines is 1. The second-order valence-corrected chi connectivity index (χ2v) is 8.51. The molecule has 0 bridgehead atoms. The molecule has 1 atom stereocenters. The van der Waals surface area contributed by atoms with Crippen LogP contribution in [0, 0.1) is 0 Å². The van der Waals surface area contributed by atoms with Crippen LogP contribution in [0.4, 0.5) is 10.7 Å². The van der Waals surface area contributed by atoms with Crippen LogP contribution < -0.4 is 10.2 Å². The smallest absolute Gasteiger partial charge is 0.325 e. The van der Waals surface area contributed by atoms with E-state index in [1.54, 1.807) is 23.4 Å². The van der Waals surface area contributed by atoms with Crippen LogP contribution in [0.2, 0.25) is 0 Å². The second kappa shape index (κ2) is 8.22. The van der Waals surface area contributed by atoms with E-state index >= 15 is 0 Å². The van der Waals surface area contributed by atoms with E-state index in [1.807, 2.05) is 29.2 Å². The lowest BCUT2D eigenvalue weighted by Crippen LogP contribution is -2.52. The van der Waals surface area contributed by atoms with Crippen LogP contribution in [0.1, 0.15) is 30.4 Å². The van der Waals surface area contributed by atoms with Crippen molar-refractivity contribution in [2.24, 2.45) is 0 Å². The Kier molecular flexibility index (Phi) is 5.24. The van der Waals surface area contributed by atoms with E-state index in [0.29, 0.717) is 38.5 Å². The van der Waals surface area contributed by atoms with Crippen molar-refractivity contribution in [2.75, 3.05) is 37.6 Å². The summed E-state index contributed by atoms with van der Waals surface area (Å²) >= 11 is 0. The highest BCUT2D eigenvalue weighted by Gasteiger charge is 2.53. The maximum atomic E-state index is 13.5. The summed E-state index contributed by atoms with van der Waals surface area (Å²) in [5.74, 6) is 0.102. The molecule has 0 saturated carbocycles. The van der Waals surface area contributed by atoms with Gasteiger partial charge in [-0.1, -0.05) is 24.3 Å². The number of nitrogens with one attached hydrogen (secondary N) is 1. The van der Waals surface area contributed by atoms with Gasteiger partial charge in [-0.3, -0.25) is 14.5 Å². The van der Waals surface area contributed by atoms with Crippen molar-refractivity contribution >= 4 is 23.8 Å². The Morgan fingerprint density at radius 2 is 1.75 bits per heavy atom. The van der Waals surface area contributed by atoms with Gasteiger partial charge in [-0.2, -0.15) is 0 Å². The average molecular weight is 435 g/mol. The van der Waals surface area contributed by atoms with Gasteiger partial charge in [0.1, 0.15) is 12.1 Å². The number of amides is 4. The monoisotopic (exact) mass is 434 g/mol. The summed E-state index contributed by atoms with van der Waals surface area (Å²) in [4.78, 5) is 52.6. The molecule has 5 rings (SSSR count). The van der Waals surface area contributed by atoms with E-state index in [2.05, 4.69) is 15.3 Å². The first-order chi connectivity index (χ1) is 15.6. The highest BCUT2D eigenvalue weighted by molar-refractivity contribution is 6.09. The number of carbonyl (C=O) groups excluding carboxylic acids is 3. The van der Waals surface area contributed by atoms with E-state index in [4.69, 9.17) is 0 Å². The van der Waals surface area contributed by atoms with Crippen molar-refractivity contribution in [1.29, 1.82) is 0 Å². The molecule has 32 heavy (non-hydrogen) atoms. The van der Waals surface area contributed by atoms with Crippen molar-refractivity contribution in [2.45, 2.75) is 31.2 Å². The molecule has 1 aromatic heterocycles. The molecule has 0 radical (unpaired) electrons. The fraction of sp³-hybridized carbons (Fsp3) is 0.435. The number of fused-ring (bicyclic) bond motifs is 2. The summed E-state index contributed by atoms with van der Waals surface area (Å²) in [6, 6.07) is 9.08. The lowest BCUT2D eigenvalue weighted by molar-refractivity contribution is -0.139. The van der Waals surface area contributed by atoms with Crippen LogP contribution in [0.5, 0.6) is 0 Å². The largest absolute Gasteiger partial charge is 0.338 e. The van der Waals surface area contributed by atoms with Gasteiger partial charge in [0.05, 0.1) is 0 Å². The molecule has 3 heterocycles. The first-order valence-electron chi connectivity index (χ1n) is 11.1. The first-order valence-corrected chi connectivity index (χ1v) is 11.1. The standard InChI is InChI=1S/C23H26N6O3/c30-19(27-12-14-28(15-13-27)21-24-10-5-11-25-21)16-29-20(31)23(26-22(29)32)9-4-3-7-17-6-1-2-8-18(17)23/h1-2,5-6,8,10-11H,3-4,7,9,12-16H2,(H,26,32)/t23-/m1/s1. The van der Waals surface area contributed by atoms with Crippen LogP contribution in [0.3, 0.4) is 0 Å². The van der Waals surface area contributed by atoms with Gasteiger partial charge in [0.25, 0.3) is 5.91 Å². The molecular weight excluding hydrogens is 408 g/mol. The van der Waals surface area contributed by atoms with Gasteiger partial charge < -0.3 is 15.1 Å². The molecule has 0 unspecified atom stereocenters. The minimum absolute atomic E-state index is 0.221. The number of aromatic nitrogens is 2. The first kappa shape index (κ1) is 20.4. The SMILES string of the molecule is O=C(CN1C(=O)N[C@@]2(CCCCc3ccccc32)C1=O)N1CCN(c2ncccn2)CC1. The normalized spacial score (nSPS) is 23.2. The highest BCUT2D eigenvalue weighted by Crippen LogP contribution is 2.38. The van der Waals surface area contributed by atoms with Gasteiger partial charge in [-0.25, -0.2) is 14.8 Å². The zero-order chi connectivity index (χ0) is 22.1. The minimum Gasteiger partial charge on any atom is -0.338 e. The molecule has 1 N–H and O–H groups in total. The van der Waals surface area contributed by atoms with Gasteiger partial charge in [0.15, 0.2) is 0 Å². The van der Waals surface area contributed by atoms with Crippen LogP contribution in [0.25, 0.3) is 0 Å². The zero-order valence-corrected chi connectivity index (χ0v) is 17.9. The molecule has 2 aliphatic heterocycles. The molecule has 1 aromatic carbocycles. The van der Waals surface area contributed by atoms with Gasteiger partial charge in [0, 0.05) is 38.6 Å². The fourth-order valence-electron chi connectivity index (χ4n) is 4.96. The number of carbonyl (C=O) groups is 3. The molecular formula is C23H26N6O3. The molecule has 9 nitrogen and oxygen atoms in total. The van der Waals surface area contributed by atoms with Crippen LogP contribution >= 0.6 is 0 Å². The van der Waals surface area contributed by atoms with E-state index in [-0.39, 0.29) is 18.4 Å². The van der Waals surface area contributed by atoms with Gasteiger partial charge in [0.2, 0.25) is 11.9 Å². The lowest BCUT2D eigenvalue weighted by atomic mass is 9.84. The van der Waals surface area contributed by atoms with Gasteiger partial charge in [-0.15, -0.1) is 0 Å². The van der Waals surface area contributed by atoms with Crippen LogP contribution in [0.15, 0.2) is 42.7 Å². The Bertz CT molecular complexity index is 1040. The Balaban J connectivity index is 1.28. The summed E-state index contributed by atoms with van der Waals surface area (Å²) in [6.45, 7) is 1.96. The third-order valence-corrected chi connectivity index (χ3v) is 6.66. The molecule has 2 saturated heterocycles. The second-order valence-electron chi connectivity index (χ2n) is 8.51. The molecule has 2 fully saturated rings. The molecule has 166 valence electrons. The Labute approximate surface area is 186 Å². The van der Waals surface area contributed by atoms with E-state index in [1.165, 1.54) is 0 Å². The van der Waals surface area contributed by atoms with Crippen molar-refractivity contribution in [3.05, 3.63) is 53.9 Å². The number of piperazine rings is 1. The summed E-state index contributed by atoms with van der Waals surface area (Å²) in [7, 11) is 0. The molecule has 1 spiro atoms. The van der Waals surface area contributed by atoms with Crippen molar-refractivity contribution in [3.8, 4) is 0 Å². The van der Waals surface area contributed by atoms with Crippen molar-refractivity contribution in [1.82, 2.24) is 25.1 Å². The molecule has 9 heteroatoms. The number of rotatable bonds is 3. The zero-order valence-electron chi connectivity index (χ0n) is 17.9. The number of aryl methyl sites for hydroxylation is 1. The van der Waals surface area contributed by atoms with Crippen LogP contribution in [-0.4, -0.2) is 70.3 Å². The number of hydrogen-bond donors (Lipinski definition) is 1. The summed E-state index contributed by atoms with van der Waals surface area (Å²) < 4.78 is 0. The third-order valence-electron chi connectivity index (χ3n) is 6.66. The molecule has 2 aromatic rings. The minimum atomic E-state index is -1.06. The lowest BCUT2D eigenvalue weighted by Gasteiger charge is -2.35. The van der Waals surface area contributed by atoms with E-state index in [9.17, 15) is 14.4 Å². The number of imide groups is 1. The number of hydrogen-bond acceptors (Lipinski definition) is 6. The van der Waals surface area contributed by atoms with E-state index in [0.717, 1.165) is 35.3 Å². The Morgan fingerprint density at radius 1 is 1.00 bits per heavy atom. The number of urea groups is 1. The Hall–Kier alpha value is -3.49. The molecule has 3 aliphatic rings. The number of benzene rings is 1. The molecule has 1 aliphatic carbocycles. The molecule has 4 amide bonds. The van der Waals surface area contributed by atoms with Crippen molar-refractivity contribution in [3.63, 3.8) is 0 Å². The quantitative estimate of drug-likeness (QED) is 0.732. The summed E-state index contributed by atoms with van der Waals surface area (Å²) in [5, 5.41) is 2.94. The number of nitrogens with zero attached hydrogens (tertiary/aromatic N) is 5. The van der Waals surface area contributed by atoms with E-state index < -0.39 is 11.6 Å². The average Bonchev–Trinajstić information content (AvgIpc) is 2.97.